The van der Waals surface area contributed by atoms with Gasteiger partial charge in [0.25, 0.3) is 0 Å². The lowest BCUT2D eigenvalue weighted by molar-refractivity contribution is -0.122. The highest BCUT2D eigenvalue weighted by molar-refractivity contribution is 9.10. The van der Waals surface area contributed by atoms with Crippen LogP contribution >= 0.6 is 15.9 Å². The fourth-order valence-corrected chi connectivity index (χ4v) is 5.25. The van der Waals surface area contributed by atoms with E-state index in [4.69, 9.17) is 4.18 Å². The zero-order valence-corrected chi connectivity index (χ0v) is 23.4. The first kappa shape index (κ1) is 27.3. The highest BCUT2D eigenvalue weighted by atomic mass is 79.9. The number of amides is 1. The molecule has 1 atom stereocenters. The first-order valence-corrected chi connectivity index (χ1v) is 14.2. The molecule has 4 aromatic carbocycles. The molecule has 8 heteroatoms. The number of hydrazone groups is 1. The summed E-state index contributed by atoms with van der Waals surface area (Å²) < 4.78 is 31.8. The van der Waals surface area contributed by atoms with Crippen LogP contribution in [0.3, 0.4) is 0 Å². The predicted molar refractivity (Wildman–Crippen MR) is 153 cm³/mol. The molecule has 0 bridgehead atoms. The number of benzene rings is 4. The normalized spacial score (nSPS) is 12.3. The number of nitrogens with one attached hydrogen (secondary N) is 1. The molecule has 0 aromatic heterocycles. The van der Waals surface area contributed by atoms with Gasteiger partial charge >= 0.3 is 10.1 Å². The summed E-state index contributed by atoms with van der Waals surface area (Å²) >= 11 is 3.39. The molecule has 0 aliphatic carbocycles. The molecule has 1 amide bonds. The molecule has 1 N–H and O–H groups in total. The second kappa shape index (κ2) is 12.2. The minimum atomic E-state index is -4.06. The van der Waals surface area contributed by atoms with Crippen molar-refractivity contribution in [2.45, 2.75) is 31.1 Å². The van der Waals surface area contributed by atoms with Crippen LogP contribution in [-0.2, 0) is 21.3 Å². The Morgan fingerprint density at radius 1 is 0.947 bits per heavy atom. The third kappa shape index (κ3) is 6.96. The molecule has 6 nitrogen and oxygen atoms in total. The van der Waals surface area contributed by atoms with E-state index in [9.17, 15) is 13.2 Å². The quantitative estimate of drug-likeness (QED) is 0.141. The SMILES string of the molecule is Cc1ccc(S(=O)(=O)Oc2ccc(Br)cc2/C=N\NC(=O)[C@@H](Cc2ccccc2C)c2ccccc2)cc1. The zero-order chi connectivity index (χ0) is 27.1. The average molecular weight is 592 g/mol. The maximum absolute atomic E-state index is 13.3. The molecule has 4 rings (SSSR count). The third-order valence-electron chi connectivity index (χ3n) is 6.06. The lowest BCUT2D eigenvalue weighted by Crippen LogP contribution is -2.27. The van der Waals surface area contributed by atoms with Gasteiger partial charge < -0.3 is 4.18 Å². The Kier molecular flexibility index (Phi) is 8.76. The average Bonchev–Trinajstić information content (AvgIpc) is 2.90. The summed E-state index contributed by atoms with van der Waals surface area (Å²) in [4.78, 5) is 13.3. The molecule has 0 radical (unpaired) electrons. The minimum absolute atomic E-state index is 0.0455. The van der Waals surface area contributed by atoms with Gasteiger partial charge in [-0.3, -0.25) is 4.79 Å². The Morgan fingerprint density at radius 3 is 2.34 bits per heavy atom. The van der Waals surface area contributed by atoms with Crippen molar-refractivity contribution >= 4 is 38.2 Å². The lowest BCUT2D eigenvalue weighted by atomic mass is 9.90. The van der Waals surface area contributed by atoms with Gasteiger partial charge in [0.15, 0.2) is 5.75 Å². The molecule has 0 aliphatic rings. The predicted octanol–water partition coefficient (Wildman–Crippen LogP) is 6.31. The van der Waals surface area contributed by atoms with Crippen LogP contribution in [0.2, 0.25) is 0 Å². The van der Waals surface area contributed by atoms with Crippen LogP contribution in [0, 0.1) is 13.8 Å². The van der Waals surface area contributed by atoms with Gasteiger partial charge in [-0.1, -0.05) is 88.2 Å². The fraction of sp³-hybridized carbons (Fsp3) is 0.133. The van der Waals surface area contributed by atoms with Crippen molar-refractivity contribution < 1.29 is 17.4 Å². The molecule has 0 fully saturated rings. The Hall–Kier alpha value is -3.75. The maximum atomic E-state index is 13.3. The number of carbonyl (C=O) groups excluding carboxylic acids is 1. The second-order valence-electron chi connectivity index (χ2n) is 8.86. The van der Waals surface area contributed by atoms with Gasteiger partial charge in [-0.15, -0.1) is 0 Å². The summed E-state index contributed by atoms with van der Waals surface area (Å²) in [5.41, 5.74) is 7.00. The highest BCUT2D eigenvalue weighted by Gasteiger charge is 2.22. The van der Waals surface area contributed by atoms with Crippen molar-refractivity contribution in [2.24, 2.45) is 5.10 Å². The van der Waals surface area contributed by atoms with Gasteiger partial charge in [0, 0.05) is 10.0 Å². The number of carbonyl (C=O) groups is 1. The van der Waals surface area contributed by atoms with E-state index in [2.05, 4.69) is 26.5 Å². The molecule has 0 aliphatic heterocycles. The van der Waals surface area contributed by atoms with Gasteiger partial charge in [0.05, 0.1) is 12.1 Å². The van der Waals surface area contributed by atoms with Crippen LogP contribution in [0.15, 0.2) is 112 Å². The Bertz CT molecular complexity index is 1550. The standard InChI is InChI=1S/C30H27BrN2O4S/c1-21-12-15-27(16-13-21)38(35,36)37-29-17-14-26(31)18-25(29)20-32-33-30(34)28(23-9-4-3-5-10-23)19-24-11-7-6-8-22(24)2/h3-18,20,28H,19H2,1-2H3,(H,33,34)/b32-20-/t28-/m0/s1. The summed E-state index contributed by atoms with van der Waals surface area (Å²) in [6.45, 7) is 3.89. The van der Waals surface area contributed by atoms with Crippen molar-refractivity contribution in [1.82, 2.24) is 5.43 Å². The summed E-state index contributed by atoms with van der Waals surface area (Å²) in [5, 5.41) is 4.15. The molecular formula is C30H27BrN2O4S. The maximum Gasteiger partial charge on any atom is 0.339 e. The third-order valence-corrected chi connectivity index (χ3v) is 7.80. The summed E-state index contributed by atoms with van der Waals surface area (Å²) in [7, 11) is -4.06. The number of hydrogen-bond donors (Lipinski definition) is 1. The van der Waals surface area contributed by atoms with Gasteiger partial charge in [-0.2, -0.15) is 13.5 Å². The van der Waals surface area contributed by atoms with Crippen molar-refractivity contribution in [3.63, 3.8) is 0 Å². The van der Waals surface area contributed by atoms with E-state index in [1.807, 2.05) is 68.4 Å². The number of nitrogens with zero attached hydrogens (tertiary/aromatic N) is 1. The first-order chi connectivity index (χ1) is 18.2. The first-order valence-electron chi connectivity index (χ1n) is 12.0. The topological polar surface area (TPSA) is 84.8 Å². The second-order valence-corrected chi connectivity index (χ2v) is 11.3. The van der Waals surface area contributed by atoms with Gasteiger partial charge in [0.1, 0.15) is 4.90 Å². The molecule has 0 saturated heterocycles. The van der Waals surface area contributed by atoms with Crippen LogP contribution in [0.4, 0.5) is 0 Å². The van der Waals surface area contributed by atoms with E-state index >= 15 is 0 Å². The van der Waals surface area contributed by atoms with Crippen LogP contribution in [0.1, 0.15) is 33.7 Å². The molecule has 0 saturated carbocycles. The van der Waals surface area contributed by atoms with E-state index in [1.54, 1.807) is 24.3 Å². The van der Waals surface area contributed by atoms with E-state index < -0.39 is 16.0 Å². The van der Waals surface area contributed by atoms with Crippen LogP contribution in [0.25, 0.3) is 0 Å². The Labute approximate surface area is 231 Å². The van der Waals surface area contributed by atoms with E-state index in [0.717, 1.165) is 22.3 Å². The number of halogens is 1. The molecule has 38 heavy (non-hydrogen) atoms. The Morgan fingerprint density at radius 2 is 1.63 bits per heavy atom. The molecule has 0 unspecified atom stereocenters. The highest BCUT2D eigenvalue weighted by Crippen LogP contribution is 2.26. The lowest BCUT2D eigenvalue weighted by Gasteiger charge is -2.17. The number of rotatable bonds is 9. The smallest absolute Gasteiger partial charge is 0.339 e. The van der Waals surface area contributed by atoms with E-state index in [0.29, 0.717) is 16.5 Å². The number of aryl methyl sites for hydroxylation is 2. The van der Waals surface area contributed by atoms with Crippen LogP contribution in [0.5, 0.6) is 5.75 Å². The van der Waals surface area contributed by atoms with Gasteiger partial charge in [0.2, 0.25) is 5.91 Å². The summed E-state index contributed by atoms with van der Waals surface area (Å²) in [6, 6.07) is 28.8. The zero-order valence-electron chi connectivity index (χ0n) is 21.0. The molecule has 4 aromatic rings. The Balaban J connectivity index is 1.55. The van der Waals surface area contributed by atoms with E-state index in [1.165, 1.54) is 24.4 Å². The monoisotopic (exact) mass is 590 g/mol. The van der Waals surface area contributed by atoms with Crippen LogP contribution < -0.4 is 9.61 Å². The van der Waals surface area contributed by atoms with Gasteiger partial charge in [-0.05, 0) is 67.3 Å². The van der Waals surface area contributed by atoms with Crippen molar-refractivity contribution in [1.29, 1.82) is 0 Å². The summed E-state index contributed by atoms with van der Waals surface area (Å²) in [5.74, 6) is -0.652. The van der Waals surface area contributed by atoms with Crippen molar-refractivity contribution in [3.05, 3.63) is 129 Å². The number of hydrogen-bond acceptors (Lipinski definition) is 5. The van der Waals surface area contributed by atoms with Crippen LogP contribution in [-0.4, -0.2) is 20.5 Å². The molecule has 194 valence electrons. The van der Waals surface area contributed by atoms with Gasteiger partial charge in [-0.25, -0.2) is 5.43 Å². The van der Waals surface area contributed by atoms with Crippen molar-refractivity contribution in [3.8, 4) is 5.75 Å². The molecule has 0 heterocycles. The van der Waals surface area contributed by atoms with E-state index in [-0.39, 0.29) is 16.6 Å². The van der Waals surface area contributed by atoms with Crippen molar-refractivity contribution in [2.75, 3.05) is 0 Å². The fourth-order valence-electron chi connectivity index (χ4n) is 3.92. The largest absolute Gasteiger partial charge is 0.378 e. The summed E-state index contributed by atoms with van der Waals surface area (Å²) in [6.07, 6.45) is 1.89. The molecular weight excluding hydrogens is 564 g/mol. The molecule has 0 spiro atoms. The minimum Gasteiger partial charge on any atom is -0.378 e.